The van der Waals surface area contributed by atoms with E-state index in [0.717, 1.165) is 74.5 Å². The normalized spacial score (nSPS) is 15.9. The molecule has 2 aliphatic rings. The number of nitrogens with zero attached hydrogens (tertiary/aromatic N) is 2. The molecule has 5 nitrogen and oxygen atoms in total. The molecule has 0 spiro atoms. The first-order valence-electron chi connectivity index (χ1n) is 10.3. The highest BCUT2D eigenvalue weighted by atomic mass is 35.5. The van der Waals surface area contributed by atoms with Crippen molar-refractivity contribution in [1.29, 1.82) is 0 Å². The average molecular weight is 488 g/mol. The molecule has 1 amide bonds. The molecule has 2 aliphatic heterocycles. The monoisotopic (exact) mass is 486 g/mol. The van der Waals surface area contributed by atoms with Gasteiger partial charge in [-0.15, -0.1) is 37.2 Å². The second-order valence-electron chi connectivity index (χ2n) is 7.94. The Kier molecular flexibility index (Phi) is 11.7. The highest BCUT2D eigenvalue weighted by Crippen LogP contribution is 2.25. The number of likely N-dealkylation sites (N-methyl/N-ethyl adjacent to an activating group) is 1. The maximum atomic E-state index is 12.7. The Hall–Kier alpha value is -1.50. The van der Waals surface area contributed by atoms with Crippen molar-refractivity contribution in [3.8, 4) is 0 Å². The third-order valence-corrected chi connectivity index (χ3v) is 5.82. The Morgan fingerprint density at radius 2 is 1.65 bits per heavy atom. The Balaban J connectivity index is 0.00000160. The molecule has 2 N–H and O–H groups in total. The summed E-state index contributed by atoms with van der Waals surface area (Å²) in [7, 11) is 2.18. The summed E-state index contributed by atoms with van der Waals surface area (Å²) in [5.41, 5.74) is 5.53. The van der Waals surface area contributed by atoms with Crippen LogP contribution in [0.4, 0.5) is 5.69 Å². The molecule has 4 rings (SSSR count). The number of carbonyl (C=O) groups excluding carboxylic acids is 1. The van der Waals surface area contributed by atoms with Crippen LogP contribution < -0.4 is 10.6 Å². The number of carbonyl (C=O) groups is 1. The summed E-state index contributed by atoms with van der Waals surface area (Å²) in [5, 5.41) is 6.48. The van der Waals surface area contributed by atoms with E-state index in [2.05, 4.69) is 57.8 Å². The summed E-state index contributed by atoms with van der Waals surface area (Å²) in [6, 6.07) is 14.6. The van der Waals surface area contributed by atoms with Gasteiger partial charge >= 0.3 is 0 Å². The zero-order valence-corrected chi connectivity index (χ0v) is 20.4. The zero-order chi connectivity index (χ0) is 19.3. The molecule has 0 aromatic heterocycles. The van der Waals surface area contributed by atoms with Crippen LogP contribution in [0.5, 0.6) is 0 Å². The molecule has 8 heteroatoms. The van der Waals surface area contributed by atoms with E-state index < -0.39 is 0 Å². The third kappa shape index (κ3) is 7.26. The average Bonchev–Trinajstić information content (AvgIpc) is 2.74. The van der Waals surface area contributed by atoms with Crippen molar-refractivity contribution >= 4 is 48.8 Å². The summed E-state index contributed by atoms with van der Waals surface area (Å²) in [4.78, 5) is 17.6. The van der Waals surface area contributed by atoms with Gasteiger partial charge in [0.2, 0.25) is 0 Å². The van der Waals surface area contributed by atoms with E-state index in [4.69, 9.17) is 0 Å². The van der Waals surface area contributed by atoms with Crippen LogP contribution in [0.1, 0.15) is 33.5 Å². The number of hydrogen-bond donors (Lipinski definition) is 2. The van der Waals surface area contributed by atoms with Crippen LogP contribution in [0.25, 0.3) is 0 Å². The van der Waals surface area contributed by atoms with Crippen LogP contribution >= 0.6 is 37.2 Å². The van der Waals surface area contributed by atoms with Gasteiger partial charge in [-0.1, -0.05) is 30.3 Å². The molecule has 0 bridgehead atoms. The first kappa shape index (κ1) is 27.5. The molecule has 0 aliphatic carbocycles. The van der Waals surface area contributed by atoms with Gasteiger partial charge < -0.3 is 15.5 Å². The van der Waals surface area contributed by atoms with E-state index in [1.807, 2.05) is 12.1 Å². The summed E-state index contributed by atoms with van der Waals surface area (Å²) in [5.74, 6) is 0.0158. The van der Waals surface area contributed by atoms with Gasteiger partial charge in [-0.25, -0.2) is 0 Å². The van der Waals surface area contributed by atoms with E-state index >= 15 is 0 Å². The van der Waals surface area contributed by atoms with Crippen LogP contribution in [0, 0.1) is 0 Å². The Labute approximate surface area is 204 Å². The lowest BCUT2D eigenvalue weighted by Gasteiger charge is -2.32. The zero-order valence-electron chi connectivity index (χ0n) is 17.9. The fourth-order valence-corrected chi connectivity index (χ4v) is 4.03. The Morgan fingerprint density at radius 1 is 0.968 bits per heavy atom. The summed E-state index contributed by atoms with van der Waals surface area (Å²) < 4.78 is 0. The van der Waals surface area contributed by atoms with Crippen molar-refractivity contribution in [3.63, 3.8) is 0 Å². The lowest BCUT2D eigenvalue weighted by molar-refractivity contribution is 0.0950. The molecule has 0 saturated carbocycles. The maximum absolute atomic E-state index is 12.7. The van der Waals surface area contributed by atoms with Gasteiger partial charge in [0, 0.05) is 57.1 Å². The molecule has 0 atom stereocenters. The van der Waals surface area contributed by atoms with Gasteiger partial charge in [-0.05, 0) is 48.7 Å². The van der Waals surface area contributed by atoms with Crippen LogP contribution in [0.15, 0.2) is 42.5 Å². The molecule has 172 valence electrons. The Bertz CT molecular complexity index is 824. The molecule has 2 aromatic carbocycles. The minimum atomic E-state index is 0. The van der Waals surface area contributed by atoms with Crippen molar-refractivity contribution in [1.82, 2.24) is 15.1 Å². The maximum Gasteiger partial charge on any atom is 0.251 e. The standard InChI is InChI=1S/C23H30N4O.3ClH/c1-26-12-14-27(15-13-26)17-19-9-7-18(8-10-19)16-25-23(28)21-4-2-6-22-20(21)5-3-11-24-22;;;/h2,4,6-10,24H,3,5,11-17H2,1H3,(H,25,28);3*1H. The lowest BCUT2D eigenvalue weighted by Crippen LogP contribution is -2.43. The molecule has 0 unspecified atom stereocenters. The number of amides is 1. The largest absolute Gasteiger partial charge is 0.385 e. The number of rotatable bonds is 5. The topological polar surface area (TPSA) is 47.6 Å². The van der Waals surface area contributed by atoms with Crippen LogP contribution in [-0.4, -0.2) is 55.5 Å². The number of fused-ring (bicyclic) bond motifs is 1. The predicted molar refractivity (Wildman–Crippen MR) is 135 cm³/mol. The molecule has 1 fully saturated rings. The van der Waals surface area contributed by atoms with Crippen LogP contribution in [0.2, 0.25) is 0 Å². The van der Waals surface area contributed by atoms with E-state index in [-0.39, 0.29) is 43.1 Å². The number of halogens is 3. The van der Waals surface area contributed by atoms with Crippen molar-refractivity contribution in [3.05, 3.63) is 64.7 Å². The van der Waals surface area contributed by atoms with Crippen molar-refractivity contribution < 1.29 is 4.79 Å². The number of hydrogen-bond acceptors (Lipinski definition) is 4. The fourth-order valence-electron chi connectivity index (χ4n) is 4.03. The van der Waals surface area contributed by atoms with Gasteiger partial charge in [0.1, 0.15) is 0 Å². The third-order valence-electron chi connectivity index (χ3n) is 5.82. The molecular formula is C23H33Cl3N4O. The summed E-state index contributed by atoms with van der Waals surface area (Å²) >= 11 is 0. The fraction of sp³-hybridized carbons (Fsp3) is 0.435. The molecule has 1 saturated heterocycles. The van der Waals surface area contributed by atoms with Crippen LogP contribution in [-0.2, 0) is 19.5 Å². The highest BCUT2D eigenvalue weighted by Gasteiger charge is 2.17. The first-order chi connectivity index (χ1) is 13.7. The van der Waals surface area contributed by atoms with E-state index in [1.165, 1.54) is 5.56 Å². The van der Waals surface area contributed by atoms with Gasteiger partial charge in [0.15, 0.2) is 0 Å². The van der Waals surface area contributed by atoms with Crippen molar-refractivity contribution in [2.24, 2.45) is 0 Å². The molecule has 0 radical (unpaired) electrons. The van der Waals surface area contributed by atoms with E-state index in [0.29, 0.717) is 6.54 Å². The smallest absolute Gasteiger partial charge is 0.251 e. The Morgan fingerprint density at radius 3 is 2.35 bits per heavy atom. The SMILES string of the molecule is CN1CCN(Cc2ccc(CNC(=O)c3cccc4c3CCCN4)cc2)CC1.Cl.Cl.Cl. The lowest BCUT2D eigenvalue weighted by atomic mass is 9.97. The quantitative estimate of drug-likeness (QED) is 0.669. The minimum absolute atomic E-state index is 0. The number of anilines is 1. The molecule has 2 heterocycles. The van der Waals surface area contributed by atoms with Crippen molar-refractivity contribution in [2.75, 3.05) is 45.1 Å². The second-order valence-corrected chi connectivity index (χ2v) is 7.94. The molecule has 31 heavy (non-hydrogen) atoms. The first-order valence-corrected chi connectivity index (χ1v) is 10.3. The van der Waals surface area contributed by atoms with Crippen molar-refractivity contribution in [2.45, 2.75) is 25.9 Å². The summed E-state index contributed by atoms with van der Waals surface area (Å²) in [6.45, 7) is 7.09. The van der Waals surface area contributed by atoms with Gasteiger partial charge in [-0.2, -0.15) is 0 Å². The van der Waals surface area contributed by atoms with Gasteiger partial charge in [0.05, 0.1) is 0 Å². The van der Waals surface area contributed by atoms with Crippen LogP contribution in [0.3, 0.4) is 0 Å². The number of piperazine rings is 1. The van der Waals surface area contributed by atoms with E-state index in [9.17, 15) is 4.79 Å². The van der Waals surface area contributed by atoms with E-state index in [1.54, 1.807) is 0 Å². The molecular weight excluding hydrogens is 455 g/mol. The summed E-state index contributed by atoms with van der Waals surface area (Å²) in [6.07, 6.45) is 2.04. The molecule has 2 aromatic rings. The second kappa shape index (κ2) is 13.1. The predicted octanol–water partition coefficient (Wildman–Crippen LogP) is 3.99. The number of benzene rings is 2. The highest BCUT2D eigenvalue weighted by molar-refractivity contribution is 5.97. The van der Waals surface area contributed by atoms with Gasteiger partial charge in [0.25, 0.3) is 5.91 Å². The number of nitrogens with one attached hydrogen (secondary N) is 2. The minimum Gasteiger partial charge on any atom is -0.385 e. The van der Waals surface area contributed by atoms with Gasteiger partial charge in [-0.3, -0.25) is 9.69 Å².